The van der Waals surface area contributed by atoms with Gasteiger partial charge in [-0.25, -0.2) is 9.18 Å². The minimum absolute atomic E-state index is 0.213. The summed E-state index contributed by atoms with van der Waals surface area (Å²) in [4.78, 5) is 25.6. The fourth-order valence-electron chi connectivity index (χ4n) is 2.30. The maximum absolute atomic E-state index is 13.2. The predicted octanol–water partition coefficient (Wildman–Crippen LogP) is 3.53. The zero-order valence-corrected chi connectivity index (χ0v) is 14.3. The third kappa shape index (κ3) is 3.79. The van der Waals surface area contributed by atoms with Gasteiger partial charge in [0.1, 0.15) is 16.2 Å². The number of halogens is 1. The molecule has 1 aliphatic rings. The standard InChI is InChI=1S/C16H16FNO3S2/c1-3-9(2)13(15(20)21)18-14(19)12(23-16(18)22)8-10-5-4-6-11(17)7-10/h4-9,13H,3H2,1-2H3,(H,20,21)/b12-8-/t9-,13+/m0/s1. The lowest BCUT2D eigenvalue weighted by Gasteiger charge is -2.27. The zero-order valence-electron chi connectivity index (χ0n) is 12.7. The molecule has 1 saturated heterocycles. The predicted molar refractivity (Wildman–Crippen MR) is 92.3 cm³/mol. The van der Waals surface area contributed by atoms with Crippen LogP contribution in [-0.2, 0) is 9.59 Å². The summed E-state index contributed by atoms with van der Waals surface area (Å²) in [6.07, 6.45) is 2.13. The third-order valence-corrected chi connectivity index (χ3v) is 5.01. The van der Waals surface area contributed by atoms with E-state index in [2.05, 4.69) is 0 Å². The van der Waals surface area contributed by atoms with Crippen LogP contribution in [0.5, 0.6) is 0 Å². The third-order valence-electron chi connectivity index (χ3n) is 3.68. The number of thiocarbonyl (C=S) groups is 1. The number of hydrogen-bond acceptors (Lipinski definition) is 4. The number of benzene rings is 1. The van der Waals surface area contributed by atoms with E-state index in [9.17, 15) is 19.1 Å². The fourth-order valence-corrected chi connectivity index (χ4v) is 3.63. The van der Waals surface area contributed by atoms with Gasteiger partial charge in [-0.3, -0.25) is 9.69 Å². The Morgan fingerprint density at radius 3 is 2.78 bits per heavy atom. The van der Waals surface area contributed by atoms with Crippen LogP contribution in [-0.4, -0.2) is 32.2 Å². The number of carbonyl (C=O) groups excluding carboxylic acids is 1. The van der Waals surface area contributed by atoms with Crippen molar-refractivity contribution in [3.63, 3.8) is 0 Å². The number of thioether (sulfide) groups is 1. The second kappa shape index (κ2) is 7.23. The molecule has 4 nitrogen and oxygen atoms in total. The Hall–Kier alpha value is -1.73. The van der Waals surface area contributed by atoms with Gasteiger partial charge in [-0.15, -0.1) is 0 Å². The molecule has 0 unspecified atom stereocenters. The first-order valence-electron chi connectivity index (χ1n) is 7.10. The molecule has 1 aliphatic heterocycles. The molecule has 1 heterocycles. The molecule has 7 heteroatoms. The number of nitrogens with zero attached hydrogens (tertiary/aromatic N) is 1. The Kier molecular flexibility index (Phi) is 5.54. The van der Waals surface area contributed by atoms with Crippen molar-refractivity contribution in [3.05, 3.63) is 40.6 Å². The molecule has 1 N–H and O–H groups in total. The highest BCUT2D eigenvalue weighted by Gasteiger charge is 2.42. The molecule has 0 saturated carbocycles. The van der Waals surface area contributed by atoms with E-state index in [4.69, 9.17) is 12.2 Å². The van der Waals surface area contributed by atoms with Gasteiger partial charge < -0.3 is 5.11 Å². The zero-order chi connectivity index (χ0) is 17.1. The minimum atomic E-state index is -1.08. The summed E-state index contributed by atoms with van der Waals surface area (Å²) >= 11 is 6.23. The maximum Gasteiger partial charge on any atom is 0.327 e. The van der Waals surface area contributed by atoms with E-state index in [0.717, 1.165) is 16.7 Å². The van der Waals surface area contributed by atoms with Gasteiger partial charge in [0.25, 0.3) is 5.91 Å². The summed E-state index contributed by atoms with van der Waals surface area (Å²) in [5, 5.41) is 9.45. The SMILES string of the molecule is CC[C@H](C)[C@H](C(=O)O)N1C(=O)/C(=C/c2cccc(F)c2)SC1=S. The van der Waals surface area contributed by atoms with Crippen LogP contribution in [0.2, 0.25) is 0 Å². The second-order valence-corrected chi connectivity index (χ2v) is 6.95. The van der Waals surface area contributed by atoms with Gasteiger partial charge in [0.15, 0.2) is 0 Å². The van der Waals surface area contributed by atoms with E-state index in [1.165, 1.54) is 18.2 Å². The van der Waals surface area contributed by atoms with Crippen LogP contribution >= 0.6 is 24.0 Å². The van der Waals surface area contributed by atoms with Crippen molar-refractivity contribution in [1.29, 1.82) is 0 Å². The first kappa shape index (κ1) is 17.6. The van der Waals surface area contributed by atoms with Crippen LogP contribution < -0.4 is 0 Å². The lowest BCUT2D eigenvalue weighted by molar-refractivity contribution is -0.147. The smallest absolute Gasteiger partial charge is 0.327 e. The molecule has 1 aromatic rings. The Balaban J connectivity index is 2.34. The summed E-state index contributed by atoms with van der Waals surface area (Å²) in [5.41, 5.74) is 0.529. The minimum Gasteiger partial charge on any atom is -0.480 e. The Labute approximate surface area is 143 Å². The van der Waals surface area contributed by atoms with Gasteiger partial charge >= 0.3 is 5.97 Å². The van der Waals surface area contributed by atoms with E-state index in [1.54, 1.807) is 19.1 Å². The Bertz CT molecular complexity index is 690. The van der Waals surface area contributed by atoms with Crippen molar-refractivity contribution < 1.29 is 19.1 Å². The highest BCUT2D eigenvalue weighted by atomic mass is 32.2. The number of carboxylic acid groups (broad SMARTS) is 1. The monoisotopic (exact) mass is 353 g/mol. The molecule has 0 radical (unpaired) electrons. The molecule has 2 atom stereocenters. The number of hydrogen-bond donors (Lipinski definition) is 1. The average molecular weight is 353 g/mol. The van der Waals surface area contributed by atoms with Crippen molar-refractivity contribution in [2.45, 2.75) is 26.3 Å². The lowest BCUT2D eigenvalue weighted by Crippen LogP contribution is -2.47. The van der Waals surface area contributed by atoms with Gasteiger partial charge in [0.2, 0.25) is 0 Å². The quantitative estimate of drug-likeness (QED) is 0.648. The highest BCUT2D eigenvalue weighted by Crippen LogP contribution is 2.36. The lowest BCUT2D eigenvalue weighted by atomic mass is 9.98. The summed E-state index contributed by atoms with van der Waals surface area (Å²) in [5.74, 6) is -2.17. The van der Waals surface area contributed by atoms with Crippen molar-refractivity contribution in [1.82, 2.24) is 4.90 Å². The van der Waals surface area contributed by atoms with E-state index >= 15 is 0 Å². The molecule has 0 aliphatic carbocycles. The van der Waals surface area contributed by atoms with E-state index in [-0.39, 0.29) is 10.2 Å². The number of aliphatic carboxylic acids is 1. The van der Waals surface area contributed by atoms with Crippen molar-refractivity contribution in [2.75, 3.05) is 0 Å². The maximum atomic E-state index is 13.2. The van der Waals surface area contributed by atoms with Gasteiger partial charge in [-0.1, -0.05) is 56.4 Å². The number of amides is 1. The van der Waals surface area contributed by atoms with Gasteiger partial charge in [0, 0.05) is 0 Å². The van der Waals surface area contributed by atoms with Crippen LogP contribution in [0.25, 0.3) is 6.08 Å². The molecule has 2 rings (SSSR count). The second-order valence-electron chi connectivity index (χ2n) is 5.28. The van der Waals surface area contributed by atoms with Gasteiger partial charge in [-0.05, 0) is 29.7 Å². The van der Waals surface area contributed by atoms with Crippen molar-refractivity contribution in [3.8, 4) is 0 Å². The van der Waals surface area contributed by atoms with E-state index in [1.807, 2.05) is 6.92 Å². The molecule has 1 amide bonds. The van der Waals surface area contributed by atoms with Crippen LogP contribution in [0.4, 0.5) is 4.39 Å². The Morgan fingerprint density at radius 2 is 2.22 bits per heavy atom. The molecule has 1 aromatic carbocycles. The Morgan fingerprint density at radius 1 is 1.52 bits per heavy atom. The summed E-state index contributed by atoms with van der Waals surface area (Å²) < 4.78 is 13.5. The average Bonchev–Trinajstić information content (AvgIpc) is 2.75. The summed E-state index contributed by atoms with van der Waals surface area (Å²) in [6.45, 7) is 3.63. The van der Waals surface area contributed by atoms with Crippen LogP contribution in [0.1, 0.15) is 25.8 Å². The van der Waals surface area contributed by atoms with Gasteiger partial charge in [0.05, 0.1) is 4.91 Å². The van der Waals surface area contributed by atoms with Crippen molar-refractivity contribution in [2.24, 2.45) is 5.92 Å². The molecule has 0 spiro atoms. The molecular weight excluding hydrogens is 337 g/mol. The summed E-state index contributed by atoms with van der Waals surface area (Å²) in [6, 6.07) is 4.83. The van der Waals surface area contributed by atoms with E-state index < -0.39 is 23.7 Å². The molecular formula is C16H16FNO3S2. The highest BCUT2D eigenvalue weighted by molar-refractivity contribution is 8.26. The largest absolute Gasteiger partial charge is 0.480 e. The number of carbonyl (C=O) groups is 2. The molecule has 1 fully saturated rings. The molecule has 0 aromatic heterocycles. The molecule has 0 bridgehead atoms. The van der Waals surface area contributed by atoms with Crippen LogP contribution in [0.3, 0.4) is 0 Å². The van der Waals surface area contributed by atoms with Crippen LogP contribution in [0, 0.1) is 11.7 Å². The normalized spacial score (nSPS) is 19.3. The molecule has 122 valence electrons. The first-order valence-corrected chi connectivity index (χ1v) is 8.33. The van der Waals surface area contributed by atoms with Crippen molar-refractivity contribution >= 4 is 46.3 Å². The molecule has 23 heavy (non-hydrogen) atoms. The summed E-state index contributed by atoms with van der Waals surface area (Å²) in [7, 11) is 0. The first-order chi connectivity index (χ1) is 10.8. The van der Waals surface area contributed by atoms with E-state index in [0.29, 0.717) is 16.9 Å². The topological polar surface area (TPSA) is 57.6 Å². The van der Waals surface area contributed by atoms with Gasteiger partial charge in [-0.2, -0.15) is 0 Å². The fraction of sp³-hybridized carbons (Fsp3) is 0.312. The number of rotatable bonds is 5. The van der Waals surface area contributed by atoms with Crippen LogP contribution in [0.15, 0.2) is 29.2 Å². The number of carboxylic acids is 1.